The first-order valence-corrected chi connectivity index (χ1v) is 6.17. The summed E-state index contributed by atoms with van der Waals surface area (Å²) in [7, 11) is 0. The van der Waals surface area contributed by atoms with Crippen molar-refractivity contribution in [3.05, 3.63) is 65.5 Å². The third-order valence-electron chi connectivity index (χ3n) is 3.23. The lowest BCUT2D eigenvalue weighted by Crippen LogP contribution is -1.92. The standard InChI is InChI=1S/C17H17F/c1-4-13-6-7-14(5-2)17(11-13)16-9-8-15(18)10-12(16)3/h4,6-11H,1,5H2,2-3H3. The van der Waals surface area contributed by atoms with E-state index in [1.54, 1.807) is 6.07 Å². The molecular weight excluding hydrogens is 223 g/mol. The molecule has 1 heteroatoms. The molecule has 0 heterocycles. The van der Waals surface area contributed by atoms with Gasteiger partial charge in [-0.1, -0.05) is 37.8 Å². The van der Waals surface area contributed by atoms with Gasteiger partial charge < -0.3 is 0 Å². The van der Waals surface area contributed by atoms with Gasteiger partial charge in [-0.3, -0.25) is 0 Å². The van der Waals surface area contributed by atoms with E-state index in [1.165, 1.54) is 17.2 Å². The lowest BCUT2D eigenvalue weighted by Gasteiger charge is -2.12. The summed E-state index contributed by atoms with van der Waals surface area (Å²) in [5.41, 5.74) is 5.59. The summed E-state index contributed by atoms with van der Waals surface area (Å²) in [6.07, 6.45) is 2.80. The van der Waals surface area contributed by atoms with E-state index in [1.807, 2.05) is 19.1 Å². The molecule has 0 bridgehead atoms. The summed E-state index contributed by atoms with van der Waals surface area (Å²) in [4.78, 5) is 0. The molecule has 0 radical (unpaired) electrons. The van der Waals surface area contributed by atoms with E-state index in [2.05, 4.69) is 31.7 Å². The molecule has 0 unspecified atom stereocenters. The van der Waals surface area contributed by atoms with Crippen LogP contribution in [-0.2, 0) is 6.42 Å². The molecule has 0 aliphatic heterocycles. The second-order valence-electron chi connectivity index (χ2n) is 4.43. The van der Waals surface area contributed by atoms with Crippen molar-refractivity contribution in [1.82, 2.24) is 0 Å². The highest BCUT2D eigenvalue weighted by molar-refractivity contribution is 5.73. The van der Waals surface area contributed by atoms with Crippen molar-refractivity contribution < 1.29 is 4.39 Å². The summed E-state index contributed by atoms with van der Waals surface area (Å²) in [6.45, 7) is 7.87. The highest BCUT2D eigenvalue weighted by Gasteiger charge is 2.08. The zero-order valence-corrected chi connectivity index (χ0v) is 10.8. The van der Waals surface area contributed by atoms with Crippen LogP contribution in [0.1, 0.15) is 23.6 Å². The van der Waals surface area contributed by atoms with Gasteiger partial charge in [-0.05, 0) is 59.4 Å². The van der Waals surface area contributed by atoms with Crippen LogP contribution in [0.4, 0.5) is 4.39 Å². The van der Waals surface area contributed by atoms with Crippen LogP contribution in [0.5, 0.6) is 0 Å². The maximum absolute atomic E-state index is 13.2. The molecule has 0 fully saturated rings. The zero-order chi connectivity index (χ0) is 13.1. The van der Waals surface area contributed by atoms with Gasteiger partial charge in [-0.15, -0.1) is 0 Å². The fraction of sp³-hybridized carbons (Fsp3) is 0.176. The monoisotopic (exact) mass is 240 g/mol. The minimum Gasteiger partial charge on any atom is -0.207 e. The van der Waals surface area contributed by atoms with E-state index in [0.717, 1.165) is 23.1 Å². The topological polar surface area (TPSA) is 0 Å². The minimum atomic E-state index is -0.186. The molecule has 0 aromatic heterocycles. The van der Waals surface area contributed by atoms with Crippen molar-refractivity contribution in [1.29, 1.82) is 0 Å². The lowest BCUT2D eigenvalue weighted by molar-refractivity contribution is 0.627. The van der Waals surface area contributed by atoms with Crippen molar-refractivity contribution in [3.63, 3.8) is 0 Å². The smallest absolute Gasteiger partial charge is 0.123 e. The van der Waals surface area contributed by atoms with Crippen LogP contribution >= 0.6 is 0 Å². The lowest BCUT2D eigenvalue weighted by atomic mass is 9.93. The van der Waals surface area contributed by atoms with Crippen molar-refractivity contribution in [3.8, 4) is 11.1 Å². The number of hydrogen-bond donors (Lipinski definition) is 0. The molecule has 0 aliphatic carbocycles. The Balaban J connectivity index is 2.64. The fourth-order valence-electron chi connectivity index (χ4n) is 2.21. The Kier molecular flexibility index (Phi) is 3.61. The van der Waals surface area contributed by atoms with Gasteiger partial charge in [0.15, 0.2) is 0 Å². The van der Waals surface area contributed by atoms with Crippen LogP contribution in [0.25, 0.3) is 17.2 Å². The molecule has 0 nitrogen and oxygen atoms in total. The molecule has 0 N–H and O–H groups in total. The highest BCUT2D eigenvalue weighted by atomic mass is 19.1. The molecule has 2 rings (SSSR count). The van der Waals surface area contributed by atoms with Gasteiger partial charge in [0.25, 0.3) is 0 Å². The van der Waals surface area contributed by atoms with Gasteiger partial charge in [-0.25, -0.2) is 4.39 Å². The van der Waals surface area contributed by atoms with Crippen LogP contribution in [0.3, 0.4) is 0 Å². The molecule has 0 amide bonds. The molecule has 0 saturated heterocycles. The first kappa shape index (κ1) is 12.6. The van der Waals surface area contributed by atoms with Crippen LogP contribution < -0.4 is 0 Å². The predicted octanol–water partition coefficient (Wildman–Crippen LogP) is 5.01. The third-order valence-corrected chi connectivity index (χ3v) is 3.23. The Bertz CT molecular complexity index is 582. The van der Waals surface area contributed by atoms with Crippen LogP contribution in [0, 0.1) is 12.7 Å². The number of aryl methyl sites for hydroxylation is 2. The molecular formula is C17H17F. The largest absolute Gasteiger partial charge is 0.207 e. The van der Waals surface area contributed by atoms with Gasteiger partial charge in [-0.2, -0.15) is 0 Å². The average Bonchev–Trinajstić information content (AvgIpc) is 2.38. The van der Waals surface area contributed by atoms with Crippen molar-refractivity contribution in [2.75, 3.05) is 0 Å². The Morgan fingerprint density at radius 3 is 2.50 bits per heavy atom. The van der Waals surface area contributed by atoms with Crippen LogP contribution in [0.15, 0.2) is 43.0 Å². The molecule has 18 heavy (non-hydrogen) atoms. The number of rotatable bonds is 3. The Labute approximate surface area is 108 Å². The van der Waals surface area contributed by atoms with E-state index in [-0.39, 0.29) is 5.82 Å². The third kappa shape index (κ3) is 2.35. The molecule has 0 spiro atoms. The summed E-state index contributed by atoms with van der Waals surface area (Å²) in [5.74, 6) is -0.186. The predicted molar refractivity (Wildman–Crippen MR) is 76.0 cm³/mol. The van der Waals surface area contributed by atoms with Gasteiger partial charge in [0, 0.05) is 0 Å². The molecule has 0 saturated carbocycles. The van der Waals surface area contributed by atoms with E-state index >= 15 is 0 Å². The van der Waals surface area contributed by atoms with Crippen LogP contribution in [-0.4, -0.2) is 0 Å². The number of hydrogen-bond acceptors (Lipinski definition) is 0. The Morgan fingerprint density at radius 1 is 1.11 bits per heavy atom. The SMILES string of the molecule is C=Cc1ccc(CC)c(-c2ccc(F)cc2C)c1. The van der Waals surface area contributed by atoms with E-state index in [0.29, 0.717) is 0 Å². The zero-order valence-electron chi connectivity index (χ0n) is 10.8. The van der Waals surface area contributed by atoms with Crippen molar-refractivity contribution >= 4 is 6.08 Å². The van der Waals surface area contributed by atoms with Crippen molar-refractivity contribution in [2.45, 2.75) is 20.3 Å². The van der Waals surface area contributed by atoms with Crippen LogP contribution in [0.2, 0.25) is 0 Å². The fourth-order valence-corrected chi connectivity index (χ4v) is 2.21. The second kappa shape index (κ2) is 5.18. The summed E-state index contributed by atoms with van der Waals surface area (Å²) in [6, 6.07) is 11.2. The highest BCUT2D eigenvalue weighted by Crippen LogP contribution is 2.29. The maximum Gasteiger partial charge on any atom is 0.123 e. The summed E-state index contributed by atoms with van der Waals surface area (Å²) < 4.78 is 13.2. The normalized spacial score (nSPS) is 10.4. The molecule has 2 aromatic rings. The Hall–Kier alpha value is -1.89. The number of benzene rings is 2. The Morgan fingerprint density at radius 2 is 1.89 bits per heavy atom. The molecule has 0 aliphatic rings. The minimum absolute atomic E-state index is 0.186. The van der Waals surface area contributed by atoms with Gasteiger partial charge >= 0.3 is 0 Å². The quantitative estimate of drug-likeness (QED) is 0.707. The van der Waals surface area contributed by atoms with Crippen molar-refractivity contribution in [2.24, 2.45) is 0 Å². The molecule has 2 aromatic carbocycles. The van der Waals surface area contributed by atoms with E-state index < -0.39 is 0 Å². The second-order valence-corrected chi connectivity index (χ2v) is 4.43. The molecule has 92 valence electrons. The maximum atomic E-state index is 13.2. The summed E-state index contributed by atoms with van der Waals surface area (Å²) >= 11 is 0. The molecule has 0 atom stereocenters. The summed E-state index contributed by atoms with van der Waals surface area (Å²) in [5, 5.41) is 0. The van der Waals surface area contributed by atoms with Gasteiger partial charge in [0.2, 0.25) is 0 Å². The average molecular weight is 240 g/mol. The van der Waals surface area contributed by atoms with Gasteiger partial charge in [0.1, 0.15) is 5.82 Å². The first-order valence-electron chi connectivity index (χ1n) is 6.17. The van der Waals surface area contributed by atoms with E-state index in [9.17, 15) is 4.39 Å². The van der Waals surface area contributed by atoms with E-state index in [4.69, 9.17) is 0 Å². The number of halogens is 1. The first-order chi connectivity index (χ1) is 8.65. The van der Waals surface area contributed by atoms with Gasteiger partial charge in [0.05, 0.1) is 0 Å².